The maximum Gasteiger partial charge on any atom is 0.295 e. The van der Waals surface area contributed by atoms with Crippen LogP contribution in [0.3, 0.4) is 0 Å². The van der Waals surface area contributed by atoms with Gasteiger partial charge in [-0.2, -0.15) is 8.42 Å². The molecule has 7 nitrogen and oxygen atoms in total. The Morgan fingerprint density at radius 3 is 0.944 bits per heavy atom. The SMILES string of the molecule is CCCCCCCCCCCCCC[PH2+]CCCC.CCCCCCCCCCCCCC[PH2+]CCCC.O=C([O-])c1cccc(C(=O)[O-])c1S(=O)(=O)O. The maximum absolute atomic E-state index is 10.9. The van der Waals surface area contributed by atoms with Crippen LogP contribution in [0, 0.1) is 0 Å². The van der Waals surface area contributed by atoms with E-state index in [0.29, 0.717) is 0 Å². The van der Waals surface area contributed by atoms with Gasteiger partial charge < -0.3 is 19.8 Å². The molecule has 0 radical (unpaired) electrons. The van der Waals surface area contributed by atoms with E-state index < -0.39 is 38.1 Å². The first-order valence-corrected chi connectivity index (χ1v) is 26.9. The fourth-order valence-electron chi connectivity index (χ4n) is 6.38. The standard InChI is InChI=1S/2C18H39P.C8H6O7S/c2*1-3-5-7-8-9-10-11-12-13-14-15-16-18-19-17-6-4-2;9-7(10)4-2-1-3-5(8(11)12)6(4)16(13,14)15/h2*19H,3-18H2,1-2H3;1-3H,(H,9,10)(H,11,12)(H,13,14,15). The summed E-state index contributed by atoms with van der Waals surface area (Å²) in [4.78, 5) is 19.8. The monoisotopic (exact) mass is 819 g/mol. The molecule has 0 bridgehead atoms. The van der Waals surface area contributed by atoms with Gasteiger partial charge in [-0.05, 0) is 55.7 Å². The summed E-state index contributed by atoms with van der Waals surface area (Å²) in [5.74, 6) is -3.84. The molecule has 54 heavy (non-hydrogen) atoms. The lowest BCUT2D eigenvalue weighted by Crippen LogP contribution is -2.29. The number of carbonyl (C=O) groups is 2. The van der Waals surface area contributed by atoms with Crippen molar-refractivity contribution < 1.29 is 32.8 Å². The van der Waals surface area contributed by atoms with Crippen LogP contribution in [0.15, 0.2) is 23.1 Å². The maximum atomic E-state index is 10.9. The first-order chi connectivity index (χ1) is 26.1. The molecule has 0 spiro atoms. The number of carboxylic acids is 2. The van der Waals surface area contributed by atoms with Gasteiger partial charge in [0.15, 0.2) is 0 Å². The van der Waals surface area contributed by atoms with Gasteiger partial charge in [-0.1, -0.05) is 187 Å². The highest BCUT2D eigenvalue weighted by atomic mass is 32.2. The minimum atomic E-state index is -5.00. The molecule has 0 amide bonds. The zero-order valence-electron chi connectivity index (χ0n) is 35.3. The number of carboxylic acid groups (broad SMARTS) is 2. The Morgan fingerprint density at radius 2 is 0.704 bits per heavy atom. The van der Waals surface area contributed by atoms with Crippen molar-refractivity contribution in [3.63, 3.8) is 0 Å². The molecule has 10 heteroatoms. The second-order valence-electron chi connectivity index (χ2n) is 14.9. The molecule has 0 aliphatic heterocycles. The van der Waals surface area contributed by atoms with Gasteiger partial charge in [0.05, 0.1) is 36.6 Å². The lowest BCUT2D eigenvalue weighted by molar-refractivity contribution is -0.255. The molecule has 0 aliphatic carbocycles. The summed E-state index contributed by atoms with van der Waals surface area (Å²) in [5.41, 5.74) is -1.88. The van der Waals surface area contributed by atoms with Crippen molar-refractivity contribution in [3.8, 4) is 0 Å². The zero-order valence-corrected chi connectivity index (χ0v) is 38.4. The topological polar surface area (TPSA) is 135 Å². The number of hydrogen-bond donors (Lipinski definition) is 1. The Bertz CT molecular complexity index is 1000. The van der Waals surface area contributed by atoms with Crippen molar-refractivity contribution in [1.82, 2.24) is 0 Å². The molecule has 2 atom stereocenters. The summed E-state index contributed by atoms with van der Waals surface area (Å²) >= 11 is 0. The van der Waals surface area contributed by atoms with E-state index in [1.54, 1.807) is 24.6 Å². The van der Waals surface area contributed by atoms with E-state index in [9.17, 15) is 28.2 Å². The van der Waals surface area contributed by atoms with Gasteiger partial charge in [0, 0.05) is 11.1 Å². The summed E-state index contributed by atoms with van der Waals surface area (Å²) in [6.07, 6.45) is 47.5. The van der Waals surface area contributed by atoms with Gasteiger partial charge in [0.1, 0.15) is 4.90 Å². The number of rotatable bonds is 35. The average Bonchev–Trinajstić information content (AvgIpc) is 3.14. The fourth-order valence-corrected chi connectivity index (χ4v) is 10.4. The molecule has 318 valence electrons. The lowest BCUT2D eigenvalue weighted by atomic mass is 10.1. The van der Waals surface area contributed by atoms with Crippen LogP contribution in [0.4, 0.5) is 0 Å². The van der Waals surface area contributed by atoms with Crippen molar-refractivity contribution in [2.24, 2.45) is 0 Å². The van der Waals surface area contributed by atoms with E-state index >= 15 is 0 Å². The number of hydrogen-bond acceptors (Lipinski definition) is 6. The summed E-state index contributed by atoms with van der Waals surface area (Å²) < 4.78 is 30.5. The van der Waals surface area contributed by atoms with Gasteiger partial charge >= 0.3 is 0 Å². The molecule has 1 aromatic carbocycles. The Balaban J connectivity index is 0. The molecule has 0 fully saturated rings. The molecular formula is C44H84O7P2S. The lowest BCUT2D eigenvalue weighted by Gasteiger charge is -2.13. The van der Waals surface area contributed by atoms with Crippen molar-refractivity contribution in [1.29, 1.82) is 0 Å². The number of aromatic carboxylic acids is 2. The molecule has 1 N–H and O–H groups in total. The van der Waals surface area contributed by atoms with Gasteiger partial charge in [0.25, 0.3) is 10.1 Å². The smallest absolute Gasteiger partial charge is 0.295 e. The van der Waals surface area contributed by atoms with E-state index in [-0.39, 0.29) is 0 Å². The first kappa shape index (κ1) is 55.0. The minimum absolute atomic E-state index is 0.796. The van der Waals surface area contributed by atoms with Crippen LogP contribution in [0.25, 0.3) is 0 Å². The van der Waals surface area contributed by atoms with Crippen LogP contribution in [0.1, 0.15) is 228 Å². The van der Waals surface area contributed by atoms with Crippen molar-refractivity contribution in [3.05, 3.63) is 29.3 Å². The Labute approximate surface area is 337 Å². The third kappa shape index (κ3) is 36.6. The first-order valence-electron chi connectivity index (χ1n) is 22.2. The number of benzene rings is 1. The van der Waals surface area contributed by atoms with Crippen molar-refractivity contribution in [2.45, 2.75) is 212 Å². The third-order valence-electron chi connectivity index (χ3n) is 9.76. The zero-order chi connectivity index (χ0) is 40.5. The largest absolute Gasteiger partial charge is 0.545 e. The highest BCUT2D eigenvalue weighted by Crippen LogP contribution is 2.21. The van der Waals surface area contributed by atoms with E-state index in [1.165, 1.54) is 180 Å². The van der Waals surface area contributed by atoms with E-state index in [0.717, 1.165) is 35.4 Å². The van der Waals surface area contributed by atoms with Gasteiger partial charge in [0.2, 0.25) is 0 Å². The third-order valence-corrected chi connectivity index (χ3v) is 14.0. The highest BCUT2D eigenvalue weighted by Gasteiger charge is 2.21. The normalized spacial score (nSPS) is 11.5. The predicted octanol–water partition coefficient (Wildman–Crippen LogP) is 11.5. The van der Waals surface area contributed by atoms with E-state index in [1.807, 2.05) is 0 Å². The molecule has 1 rings (SSSR count). The Kier molecular flexibility index (Phi) is 42.4. The molecule has 2 unspecified atom stereocenters. The van der Waals surface area contributed by atoms with Crippen molar-refractivity contribution in [2.75, 3.05) is 24.6 Å². The Hall–Kier alpha value is -1.07. The number of carbonyl (C=O) groups excluding carboxylic acids is 2. The van der Waals surface area contributed by atoms with Crippen LogP contribution < -0.4 is 10.2 Å². The van der Waals surface area contributed by atoms with Crippen LogP contribution in [-0.2, 0) is 10.1 Å². The molecule has 0 saturated heterocycles. The van der Waals surface area contributed by atoms with Gasteiger partial charge in [-0.25, -0.2) is 0 Å². The summed E-state index contributed by atoms with van der Waals surface area (Å²) in [5, 5.41) is 21.1. The Morgan fingerprint density at radius 1 is 0.463 bits per heavy atom. The molecule has 1 aromatic rings. The number of unbranched alkanes of at least 4 members (excludes halogenated alkanes) is 24. The fraction of sp³-hybridized carbons (Fsp3) is 0.818. The highest BCUT2D eigenvalue weighted by molar-refractivity contribution is 7.86. The molecule has 0 aliphatic rings. The molecular weight excluding hydrogens is 734 g/mol. The molecule has 0 saturated carbocycles. The molecule has 0 heterocycles. The minimum Gasteiger partial charge on any atom is -0.545 e. The summed E-state index contributed by atoms with van der Waals surface area (Å²) in [6, 6.07) is 2.58. The quantitative estimate of drug-likeness (QED) is 0.0409. The average molecular weight is 819 g/mol. The summed E-state index contributed by atoms with van der Waals surface area (Å²) in [7, 11) is -3.40. The summed E-state index contributed by atoms with van der Waals surface area (Å²) in [6.45, 7) is 9.21. The van der Waals surface area contributed by atoms with E-state index in [2.05, 4.69) is 27.7 Å². The predicted molar refractivity (Wildman–Crippen MR) is 236 cm³/mol. The van der Waals surface area contributed by atoms with E-state index in [4.69, 9.17) is 4.55 Å². The van der Waals surface area contributed by atoms with Crippen LogP contribution >= 0.6 is 17.2 Å². The molecule has 0 aromatic heterocycles. The second kappa shape index (κ2) is 41.6. The van der Waals surface area contributed by atoms with Gasteiger partial charge in [-0.15, -0.1) is 0 Å². The second-order valence-corrected chi connectivity index (χ2v) is 19.8. The van der Waals surface area contributed by atoms with Crippen molar-refractivity contribution >= 4 is 39.2 Å². The van der Waals surface area contributed by atoms with Crippen LogP contribution in [0.5, 0.6) is 0 Å². The van der Waals surface area contributed by atoms with Gasteiger partial charge in [-0.3, -0.25) is 4.55 Å². The van der Waals surface area contributed by atoms with Crippen LogP contribution in [-0.4, -0.2) is 49.6 Å². The van der Waals surface area contributed by atoms with Crippen LogP contribution in [0.2, 0.25) is 0 Å².